The molecule has 164 valence electrons. The first kappa shape index (κ1) is 22.8. The van der Waals surface area contributed by atoms with Crippen molar-refractivity contribution in [1.29, 1.82) is 0 Å². The number of rotatable bonds is 7. The van der Waals surface area contributed by atoms with E-state index in [2.05, 4.69) is 15.1 Å². The summed E-state index contributed by atoms with van der Waals surface area (Å²) in [7, 11) is -3.42. The first-order valence-electron chi connectivity index (χ1n) is 9.86. The molecule has 1 amide bonds. The molecular formula is C22H25ClN4O3S. The Balaban J connectivity index is 1.79. The predicted molar refractivity (Wildman–Crippen MR) is 125 cm³/mol. The van der Waals surface area contributed by atoms with Crippen LogP contribution in [0.25, 0.3) is 5.69 Å². The standard InChI is InChI=1S/C22H25ClN4O3S/c1-5-13-31(29,30)26-20-8-6-7-19(14(20)2)24-22(28)17-9-11-18(12-10-17)27-16(4)21(23)15(3)25-27/h6-12,26H,5,13H2,1-4H3,(H,24,28). The molecule has 31 heavy (non-hydrogen) atoms. The fraction of sp³-hybridized carbons (Fsp3) is 0.273. The number of anilines is 2. The molecule has 0 aliphatic heterocycles. The molecule has 3 rings (SSSR count). The minimum absolute atomic E-state index is 0.0375. The number of sulfonamides is 1. The Morgan fingerprint density at radius 3 is 2.29 bits per heavy atom. The number of benzene rings is 2. The van der Waals surface area contributed by atoms with Gasteiger partial charge in [0.1, 0.15) is 0 Å². The third-order valence-corrected chi connectivity index (χ3v) is 6.92. The van der Waals surface area contributed by atoms with Gasteiger partial charge in [-0.3, -0.25) is 9.52 Å². The number of amides is 1. The van der Waals surface area contributed by atoms with Crippen molar-refractivity contribution in [3.63, 3.8) is 0 Å². The van der Waals surface area contributed by atoms with Crippen LogP contribution in [0.1, 0.15) is 40.7 Å². The van der Waals surface area contributed by atoms with Crippen LogP contribution in [0.3, 0.4) is 0 Å². The van der Waals surface area contributed by atoms with Crippen LogP contribution < -0.4 is 10.0 Å². The van der Waals surface area contributed by atoms with Crippen molar-refractivity contribution in [2.75, 3.05) is 15.8 Å². The molecule has 0 fully saturated rings. The lowest BCUT2D eigenvalue weighted by atomic mass is 10.1. The number of hydrogen-bond donors (Lipinski definition) is 2. The highest BCUT2D eigenvalue weighted by atomic mass is 35.5. The molecule has 0 unspecified atom stereocenters. The first-order chi connectivity index (χ1) is 14.6. The second-order valence-corrected chi connectivity index (χ2v) is 9.52. The van der Waals surface area contributed by atoms with Gasteiger partial charge in [-0.15, -0.1) is 0 Å². The van der Waals surface area contributed by atoms with Crippen molar-refractivity contribution in [3.8, 4) is 5.69 Å². The van der Waals surface area contributed by atoms with Gasteiger partial charge in [0.05, 0.1) is 33.5 Å². The third kappa shape index (κ3) is 5.08. The van der Waals surface area contributed by atoms with Gasteiger partial charge in [-0.2, -0.15) is 5.10 Å². The number of halogens is 1. The van der Waals surface area contributed by atoms with Gasteiger partial charge >= 0.3 is 0 Å². The number of aromatic nitrogens is 2. The quantitative estimate of drug-likeness (QED) is 0.526. The Bertz CT molecular complexity index is 1220. The molecular weight excluding hydrogens is 436 g/mol. The van der Waals surface area contributed by atoms with Gasteiger partial charge in [0.25, 0.3) is 5.91 Å². The van der Waals surface area contributed by atoms with Crippen LogP contribution in [0.15, 0.2) is 42.5 Å². The SMILES string of the molecule is CCCS(=O)(=O)Nc1cccc(NC(=O)c2ccc(-n3nc(C)c(Cl)c3C)cc2)c1C. The fourth-order valence-electron chi connectivity index (χ4n) is 3.19. The lowest BCUT2D eigenvalue weighted by Gasteiger charge is -2.14. The molecule has 9 heteroatoms. The molecule has 1 heterocycles. The van der Waals surface area contributed by atoms with Crippen molar-refractivity contribution in [2.24, 2.45) is 0 Å². The highest BCUT2D eigenvalue weighted by Gasteiger charge is 2.15. The average Bonchev–Trinajstić information content (AvgIpc) is 2.98. The summed E-state index contributed by atoms with van der Waals surface area (Å²) in [6.45, 7) is 7.28. The van der Waals surface area contributed by atoms with Crippen LogP contribution in [-0.4, -0.2) is 29.9 Å². The van der Waals surface area contributed by atoms with Crippen molar-refractivity contribution < 1.29 is 13.2 Å². The minimum Gasteiger partial charge on any atom is -0.322 e. The number of hydrogen-bond acceptors (Lipinski definition) is 4. The molecule has 2 aromatic carbocycles. The molecule has 2 N–H and O–H groups in total. The summed E-state index contributed by atoms with van der Waals surface area (Å²) in [5, 5.41) is 7.88. The zero-order valence-corrected chi connectivity index (χ0v) is 19.4. The summed E-state index contributed by atoms with van der Waals surface area (Å²) in [4.78, 5) is 12.7. The molecule has 0 saturated heterocycles. The lowest BCUT2D eigenvalue weighted by Crippen LogP contribution is -2.18. The van der Waals surface area contributed by atoms with E-state index in [0.717, 1.165) is 17.1 Å². The van der Waals surface area contributed by atoms with Gasteiger partial charge in [0.15, 0.2) is 0 Å². The Morgan fingerprint density at radius 2 is 1.71 bits per heavy atom. The lowest BCUT2D eigenvalue weighted by molar-refractivity contribution is 0.102. The van der Waals surface area contributed by atoms with Gasteiger partial charge in [-0.25, -0.2) is 13.1 Å². The van der Waals surface area contributed by atoms with Crippen LogP contribution >= 0.6 is 11.6 Å². The highest BCUT2D eigenvalue weighted by Crippen LogP contribution is 2.26. The summed E-state index contributed by atoms with van der Waals surface area (Å²) < 4.78 is 28.5. The minimum atomic E-state index is -3.42. The van der Waals surface area contributed by atoms with Gasteiger partial charge in [0.2, 0.25) is 10.0 Å². The number of aryl methyl sites for hydroxylation is 1. The Morgan fingerprint density at radius 1 is 1.06 bits per heavy atom. The van der Waals surface area contributed by atoms with Gasteiger partial charge < -0.3 is 5.32 Å². The molecule has 1 aromatic heterocycles. The molecule has 0 saturated carbocycles. The molecule has 0 aliphatic rings. The van der Waals surface area contributed by atoms with Crippen LogP contribution in [0.2, 0.25) is 5.02 Å². The largest absolute Gasteiger partial charge is 0.322 e. The van der Waals surface area contributed by atoms with E-state index in [9.17, 15) is 13.2 Å². The zero-order chi connectivity index (χ0) is 22.8. The third-order valence-electron chi connectivity index (χ3n) is 4.90. The predicted octanol–water partition coefficient (Wildman–Crippen LogP) is 4.85. The normalized spacial score (nSPS) is 11.4. The number of nitrogens with one attached hydrogen (secondary N) is 2. The maximum Gasteiger partial charge on any atom is 0.255 e. The summed E-state index contributed by atoms with van der Waals surface area (Å²) in [6, 6.07) is 12.1. The molecule has 3 aromatic rings. The van der Waals surface area contributed by atoms with Crippen molar-refractivity contribution >= 4 is 38.9 Å². The van der Waals surface area contributed by atoms with Gasteiger partial charge in [-0.05, 0) is 69.2 Å². The highest BCUT2D eigenvalue weighted by molar-refractivity contribution is 7.92. The van der Waals surface area contributed by atoms with Crippen molar-refractivity contribution in [1.82, 2.24) is 9.78 Å². The van der Waals surface area contributed by atoms with E-state index in [4.69, 9.17) is 11.6 Å². The van der Waals surface area contributed by atoms with E-state index in [1.807, 2.05) is 13.8 Å². The molecule has 0 atom stereocenters. The van der Waals surface area contributed by atoms with Crippen LogP contribution in [0.5, 0.6) is 0 Å². The Kier molecular flexibility index (Phi) is 6.71. The topological polar surface area (TPSA) is 93.1 Å². The molecule has 0 spiro atoms. The maximum absolute atomic E-state index is 12.7. The van der Waals surface area contributed by atoms with E-state index in [1.54, 1.807) is 61.0 Å². The molecule has 7 nitrogen and oxygen atoms in total. The molecule has 0 bridgehead atoms. The Hall–Kier alpha value is -2.84. The smallest absolute Gasteiger partial charge is 0.255 e. The summed E-state index contributed by atoms with van der Waals surface area (Å²) in [5.41, 5.74) is 4.46. The van der Waals surface area contributed by atoms with E-state index in [1.165, 1.54) is 0 Å². The van der Waals surface area contributed by atoms with E-state index >= 15 is 0 Å². The van der Waals surface area contributed by atoms with Gasteiger partial charge in [0, 0.05) is 11.3 Å². The number of carbonyl (C=O) groups excluding carboxylic acids is 1. The average molecular weight is 461 g/mol. The van der Waals surface area contributed by atoms with Crippen LogP contribution in [-0.2, 0) is 10.0 Å². The van der Waals surface area contributed by atoms with E-state index in [-0.39, 0.29) is 11.7 Å². The van der Waals surface area contributed by atoms with Gasteiger partial charge in [-0.1, -0.05) is 24.6 Å². The van der Waals surface area contributed by atoms with Crippen molar-refractivity contribution in [3.05, 3.63) is 70.0 Å². The first-order valence-corrected chi connectivity index (χ1v) is 11.9. The fourth-order valence-corrected chi connectivity index (χ4v) is 4.51. The van der Waals surface area contributed by atoms with E-state index < -0.39 is 10.0 Å². The summed E-state index contributed by atoms with van der Waals surface area (Å²) >= 11 is 6.22. The maximum atomic E-state index is 12.7. The van der Waals surface area contributed by atoms with Crippen LogP contribution in [0.4, 0.5) is 11.4 Å². The van der Waals surface area contributed by atoms with Crippen LogP contribution in [0, 0.1) is 20.8 Å². The Labute approximate surface area is 187 Å². The molecule has 0 aliphatic carbocycles. The van der Waals surface area contributed by atoms with E-state index in [0.29, 0.717) is 33.9 Å². The summed E-state index contributed by atoms with van der Waals surface area (Å²) in [6.07, 6.45) is 0.518. The second-order valence-electron chi connectivity index (χ2n) is 7.30. The molecule has 0 radical (unpaired) electrons. The second kappa shape index (κ2) is 9.11. The monoisotopic (exact) mass is 460 g/mol. The number of carbonyl (C=O) groups is 1. The number of nitrogens with zero attached hydrogens (tertiary/aromatic N) is 2. The summed E-state index contributed by atoms with van der Waals surface area (Å²) in [5.74, 6) is -0.259. The zero-order valence-electron chi connectivity index (χ0n) is 17.9. The van der Waals surface area contributed by atoms with Crippen molar-refractivity contribution in [2.45, 2.75) is 34.1 Å².